The lowest BCUT2D eigenvalue weighted by Crippen LogP contribution is -2.37. The summed E-state index contributed by atoms with van der Waals surface area (Å²) in [6, 6.07) is 3.18. The fourth-order valence-corrected chi connectivity index (χ4v) is 4.69. The van der Waals surface area contributed by atoms with Crippen LogP contribution in [-0.2, 0) is 20.0 Å². The third-order valence-corrected chi connectivity index (χ3v) is 6.57. The van der Waals surface area contributed by atoms with Crippen LogP contribution in [-0.4, -0.2) is 41.7 Å². The van der Waals surface area contributed by atoms with Gasteiger partial charge in [-0.2, -0.15) is 0 Å². The van der Waals surface area contributed by atoms with Crippen LogP contribution in [0.15, 0.2) is 23.1 Å². The van der Waals surface area contributed by atoms with Gasteiger partial charge >= 0.3 is 0 Å². The van der Waals surface area contributed by atoms with E-state index in [2.05, 4.69) is 14.8 Å². The molecule has 7 nitrogen and oxygen atoms in total. The molecule has 24 heavy (non-hydrogen) atoms. The fraction of sp³-hybridized carbons (Fsp3) is 0.571. The molecule has 3 N–H and O–H groups in total. The minimum absolute atomic E-state index is 0.0738. The second kappa shape index (κ2) is 7.77. The summed E-state index contributed by atoms with van der Waals surface area (Å²) in [5.74, 6) is -1.07. The number of nitrogens with one attached hydrogen (secondary N) is 3. The smallest absolute Gasteiger partial charge is 0.240 e. The molecule has 1 aromatic carbocycles. The average Bonchev–Trinajstić information content (AvgIpc) is 3.00. The molecule has 0 bridgehead atoms. The number of benzene rings is 1. The predicted molar refractivity (Wildman–Crippen MR) is 90.3 cm³/mol. The highest BCUT2D eigenvalue weighted by atomic mass is 32.2. The summed E-state index contributed by atoms with van der Waals surface area (Å²) in [6.45, 7) is 2.78. The van der Waals surface area contributed by atoms with Crippen molar-refractivity contribution in [1.29, 1.82) is 0 Å². The average molecular weight is 379 g/mol. The molecule has 1 atom stereocenters. The van der Waals surface area contributed by atoms with E-state index in [1.165, 1.54) is 6.07 Å². The van der Waals surface area contributed by atoms with E-state index in [0.29, 0.717) is 6.42 Å². The molecule has 0 aliphatic carbocycles. The molecular weight excluding hydrogens is 357 g/mol. The van der Waals surface area contributed by atoms with E-state index in [-0.39, 0.29) is 28.9 Å². The lowest BCUT2D eigenvalue weighted by atomic mass is 10.2. The lowest BCUT2D eigenvalue weighted by molar-refractivity contribution is 0.550. The minimum Gasteiger partial charge on any atom is -0.313 e. The molecule has 1 aliphatic heterocycles. The van der Waals surface area contributed by atoms with Crippen molar-refractivity contribution in [3.8, 4) is 0 Å². The van der Waals surface area contributed by atoms with Crippen LogP contribution in [0.5, 0.6) is 0 Å². The molecule has 10 heteroatoms. The monoisotopic (exact) mass is 379 g/mol. The highest BCUT2D eigenvalue weighted by Crippen LogP contribution is 2.20. The molecule has 0 spiro atoms. The molecule has 0 amide bonds. The van der Waals surface area contributed by atoms with E-state index in [9.17, 15) is 21.2 Å². The summed E-state index contributed by atoms with van der Waals surface area (Å²) in [5, 5.41) is 3.16. The van der Waals surface area contributed by atoms with Gasteiger partial charge in [0.15, 0.2) is 0 Å². The number of sulfonamides is 2. The molecule has 1 saturated heterocycles. The van der Waals surface area contributed by atoms with E-state index < -0.39 is 25.9 Å². The standard InChI is InChI=1S/C14H22FN3O4S2/c1-2-8-23(19,20)18-14-6-5-12(9-13(14)15)24(21,22)17-10-11-4-3-7-16-11/h5-6,9,11,16-18H,2-4,7-8,10H2,1H3. The third-order valence-electron chi connectivity index (χ3n) is 3.67. The number of rotatable bonds is 8. The molecule has 1 aromatic rings. The summed E-state index contributed by atoms with van der Waals surface area (Å²) in [5.41, 5.74) is -0.264. The van der Waals surface area contributed by atoms with E-state index in [1.807, 2.05) is 0 Å². The van der Waals surface area contributed by atoms with Crippen molar-refractivity contribution in [2.75, 3.05) is 23.6 Å². The van der Waals surface area contributed by atoms with Crippen LogP contribution in [0, 0.1) is 5.82 Å². The molecule has 136 valence electrons. The first kappa shape index (κ1) is 19.1. The van der Waals surface area contributed by atoms with Crippen LogP contribution in [0.25, 0.3) is 0 Å². The second-order valence-corrected chi connectivity index (χ2v) is 9.32. The maximum Gasteiger partial charge on any atom is 0.240 e. The van der Waals surface area contributed by atoms with Crippen molar-refractivity contribution in [3.63, 3.8) is 0 Å². The summed E-state index contributed by atoms with van der Waals surface area (Å²) in [7, 11) is -7.49. The second-order valence-electron chi connectivity index (χ2n) is 5.71. The summed E-state index contributed by atoms with van der Waals surface area (Å²) < 4.78 is 66.3. The van der Waals surface area contributed by atoms with Gasteiger partial charge in [-0.3, -0.25) is 4.72 Å². The highest BCUT2D eigenvalue weighted by Gasteiger charge is 2.21. The summed E-state index contributed by atoms with van der Waals surface area (Å²) in [4.78, 5) is -0.239. The molecule has 2 rings (SSSR count). The minimum atomic E-state index is -3.85. The Labute approximate surface area is 142 Å². The Balaban J connectivity index is 2.10. The van der Waals surface area contributed by atoms with Crippen molar-refractivity contribution in [1.82, 2.24) is 10.0 Å². The summed E-state index contributed by atoms with van der Waals surface area (Å²) >= 11 is 0. The largest absolute Gasteiger partial charge is 0.313 e. The SMILES string of the molecule is CCCS(=O)(=O)Nc1ccc(S(=O)(=O)NCC2CCCN2)cc1F. The van der Waals surface area contributed by atoms with Gasteiger partial charge in [0.1, 0.15) is 5.82 Å². The number of halogens is 1. The van der Waals surface area contributed by atoms with E-state index in [4.69, 9.17) is 0 Å². The maximum absolute atomic E-state index is 14.1. The summed E-state index contributed by atoms with van der Waals surface area (Å²) in [6.07, 6.45) is 2.27. The zero-order valence-electron chi connectivity index (χ0n) is 13.4. The highest BCUT2D eigenvalue weighted by molar-refractivity contribution is 7.92. The van der Waals surface area contributed by atoms with Crippen molar-refractivity contribution < 1.29 is 21.2 Å². The van der Waals surface area contributed by atoms with Crippen LogP contribution in [0.1, 0.15) is 26.2 Å². The number of hydrogen-bond donors (Lipinski definition) is 3. The van der Waals surface area contributed by atoms with Gasteiger partial charge in [-0.15, -0.1) is 0 Å². The van der Waals surface area contributed by atoms with Gasteiger partial charge in [0, 0.05) is 12.6 Å². The Morgan fingerprint density at radius 1 is 1.29 bits per heavy atom. The van der Waals surface area contributed by atoms with E-state index >= 15 is 0 Å². The van der Waals surface area contributed by atoms with Gasteiger partial charge in [0.25, 0.3) is 0 Å². The van der Waals surface area contributed by atoms with Gasteiger partial charge in [-0.25, -0.2) is 25.9 Å². The normalized spacial score (nSPS) is 18.7. The van der Waals surface area contributed by atoms with Gasteiger partial charge in [0.05, 0.1) is 16.3 Å². The van der Waals surface area contributed by atoms with Gasteiger partial charge in [-0.1, -0.05) is 6.92 Å². The van der Waals surface area contributed by atoms with Crippen LogP contribution < -0.4 is 14.8 Å². The fourth-order valence-electron chi connectivity index (χ4n) is 2.46. The number of hydrogen-bond acceptors (Lipinski definition) is 5. The molecule has 1 unspecified atom stereocenters. The predicted octanol–water partition coefficient (Wildman–Crippen LogP) is 1.01. The molecule has 0 radical (unpaired) electrons. The van der Waals surface area contributed by atoms with Gasteiger partial charge < -0.3 is 5.32 Å². The quantitative estimate of drug-likeness (QED) is 0.625. The van der Waals surface area contributed by atoms with E-state index in [0.717, 1.165) is 31.5 Å². The van der Waals surface area contributed by atoms with Crippen molar-refractivity contribution in [3.05, 3.63) is 24.0 Å². The first-order valence-corrected chi connectivity index (χ1v) is 10.9. The van der Waals surface area contributed by atoms with Gasteiger partial charge in [0.2, 0.25) is 20.0 Å². The van der Waals surface area contributed by atoms with E-state index in [1.54, 1.807) is 6.92 Å². The zero-order valence-corrected chi connectivity index (χ0v) is 15.0. The van der Waals surface area contributed by atoms with Gasteiger partial charge in [-0.05, 0) is 44.0 Å². The van der Waals surface area contributed by atoms with Crippen LogP contribution >= 0.6 is 0 Å². The van der Waals surface area contributed by atoms with Crippen molar-refractivity contribution in [2.24, 2.45) is 0 Å². The molecule has 1 fully saturated rings. The molecule has 0 saturated carbocycles. The van der Waals surface area contributed by atoms with Crippen LogP contribution in [0.4, 0.5) is 10.1 Å². The molecule has 1 aliphatic rings. The van der Waals surface area contributed by atoms with Crippen LogP contribution in [0.3, 0.4) is 0 Å². The van der Waals surface area contributed by atoms with Crippen molar-refractivity contribution in [2.45, 2.75) is 37.1 Å². The Morgan fingerprint density at radius 2 is 2.04 bits per heavy atom. The lowest BCUT2D eigenvalue weighted by Gasteiger charge is -2.13. The molecular formula is C14H22FN3O4S2. The number of anilines is 1. The van der Waals surface area contributed by atoms with Crippen LogP contribution in [0.2, 0.25) is 0 Å². The Kier molecular flexibility index (Phi) is 6.18. The first-order valence-electron chi connectivity index (χ1n) is 7.76. The zero-order chi connectivity index (χ0) is 17.8. The van der Waals surface area contributed by atoms with Crippen molar-refractivity contribution >= 4 is 25.7 Å². The molecule has 1 heterocycles. The third kappa shape index (κ3) is 5.13. The Hall–Kier alpha value is -1.23. The first-order chi connectivity index (χ1) is 11.2. The maximum atomic E-state index is 14.1. The Morgan fingerprint density at radius 3 is 2.62 bits per heavy atom. The topological polar surface area (TPSA) is 104 Å². The molecule has 0 aromatic heterocycles. The Bertz CT molecular complexity index is 775.